The zero-order valence-electron chi connectivity index (χ0n) is 10.5. The van der Waals surface area contributed by atoms with E-state index in [0.717, 1.165) is 5.56 Å². The second-order valence-electron chi connectivity index (χ2n) is 4.34. The fraction of sp³-hybridized carbons (Fsp3) is 0.200. The fourth-order valence-corrected chi connectivity index (χ4v) is 2.60. The van der Waals surface area contributed by atoms with Gasteiger partial charge in [0.1, 0.15) is 11.6 Å². The minimum atomic E-state index is -0.298. The van der Waals surface area contributed by atoms with Crippen molar-refractivity contribution >= 4 is 15.9 Å². The largest absolute Gasteiger partial charge is 0.313 e. The van der Waals surface area contributed by atoms with Gasteiger partial charge in [-0.1, -0.05) is 34.1 Å². The van der Waals surface area contributed by atoms with E-state index in [4.69, 9.17) is 0 Å². The molecule has 1 N–H and O–H groups in total. The summed E-state index contributed by atoms with van der Waals surface area (Å²) >= 11 is 3.26. The first-order valence-corrected chi connectivity index (χ1v) is 6.76. The van der Waals surface area contributed by atoms with Gasteiger partial charge in [-0.05, 0) is 43.3 Å². The summed E-state index contributed by atoms with van der Waals surface area (Å²) in [7, 11) is 1.77. The Morgan fingerprint density at radius 1 is 1.16 bits per heavy atom. The molecule has 1 atom stereocenters. The van der Waals surface area contributed by atoms with Crippen molar-refractivity contribution in [3.8, 4) is 0 Å². The molecule has 1 nitrogen and oxygen atoms in total. The van der Waals surface area contributed by atoms with Crippen molar-refractivity contribution < 1.29 is 8.78 Å². The van der Waals surface area contributed by atoms with Crippen LogP contribution >= 0.6 is 15.9 Å². The third kappa shape index (κ3) is 3.61. The summed E-state index contributed by atoms with van der Waals surface area (Å²) in [6.45, 7) is 0. The van der Waals surface area contributed by atoms with Crippen LogP contribution < -0.4 is 5.32 Å². The molecule has 4 heteroatoms. The zero-order chi connectivity index (χ0) is 13.8. The normalized spacial score (nSPS) is 12.4. The van der Waals surface area contributed by atoms with Crippen molar-refractivity contribution in [2.24, 2.45) is 0 Å². The van der Waals surface area contributed by atoms with E-state index in [1.54, 1.807) is 25.2 Å². The number of likely N-dealkylation sites (N-methyl/N-ethyl adjacent to an activating group) is 1. The number of nitrogens with one attached hydrogen (secondary N) is 1. The Balaban J connectivity index is 2.26. The van der Waals surface area contributed by atoms with E-state index in [2.05, 4.69) is 21.2 Å². The smallest absolute Gasteiger partial charge is 0.127 e. The quantitative estimate of drug-likeness (QED) is 0.887. The van der Waals surface area contributed by atoms with E-state index in [0.29, 0.717) is 16.5 Å². The lowest BCUT2D eigenvalue weighted by atomic mass is 9.98. The molecule has 0 radical (unpaired) electrons. The highest BCUT2D eigenvalue weighted by molar-refractivity contribution is 9.10. The van der Waals surface area contributed by atoms with Crippen LogP contribution in [0.4, 0.5) is 8.78 Å². The third-order valence-electron chi connectivity index (χ3n) is 2.99. The molecule has 0 amide bonds. The van der Waals surface area contributed by atoms with Gasteiger partial charge in [0.15, 0.2) is 0 Å². The van der Waals surface area contributed by atoms with Crippen LogP contribution in [0.2, 0.25) is 0 Å². The molecule has 0 aliphatic carbocycles. The Bertz CT molecular complexity index is 552. The Kier molecular flexibility index (Phi) is 4.66. The molecule has 0 aromatic heterocycles. The predicted molar refractivity (Wildman–Crippen MR) is 76.0 cm³/mol. The lowest BCUT2D eigenvalue weighted by molar-refractivity contribution is 0.532. The van der Waals surface area contributed by atoms with Crippen LogP contribution in [-0.4, -0.2) is 7.05 Å². The van der Waals surface area contributed by atoms with Gasteiger partial charge in [-0.3, -0.25) is 0 Å². The summed E-state index contributed by atoms with van der Waals surface area (Å²) in [4.78, 5) is 0. The lowest BCUT2D eigenvalue weighted by Gasteiger charge is -2.17. The molecule has 2 aromatic carbocycles. The molecule has 19 heavy (non-hydrogen) atoms. The summed E-state index contributed by atoms with van der Waals surface area (Å²) in [5.41, 5.74) is 1.40. The molecule has 1 unspecified atom stereocenters. The molecule has 0 saturated heterocycles. The van der Waals surface area contributed by atoms with Crippen LogP contribution in [0.1, 0.15) is 17.2 Å². The zero-order valence-corrected chi connectivity index (χ0v) is 12.0. The molecule has 2 aromatic rings. The second-order valence-corrected chi connectivity index (χ2v) is 5.26. The molecule has 100 valence electrons. The summed E-state index contributed by atoms with van der Waals surface area (Å²) in [6, 6.07) is 11.2. The van der Waals surface area contributed by atoms with Crippen LogP contribution in [0.25, 0.3) is 0 Å². The van der Waals surface area contributed by atoms with Crippen LogP contribution in [0, 0.1) is 11.6 Å². The molecule has 2 rings (SSSR count). The predicted octanol–water partition coefficient (Wildman–Crippen LogP) is 4.23. The van der Waals surface area contributed by atoms with E-state index >= 15 is 0 Å². The van der Waals surface area contributed by atoms with Crippen molar-refractivity contribution in [1.29, 1.82) is 0 Å². The topological polar surface area (TPSA) is 12.0 Å². The molecule has 0 saturated carbocycles. The lowest BCUT2D eigenvalue weighted by Crippen LogP contribution is -2.20. The van der Waals surface area contributed by atoms with Crippen LogP contribution in [-0.2, 0) is 6.42 Å². The first kappa shape index (κ1) is 14.2. The van der Waals surface area contributed by atoms with E-state index < -0.39 is 0 Å². The molecule has 0 bridgehead atoms. The fourth-order valence-electron chi connectivity index (χ4n) is 2.09. The van der Waals surface area contributed by atoms with E-state index in [9.17, 15) is 8.78 Å². The van der Waals surface area contributed by atoms with Crippen molar-refractivity contribution in [2.75, 3.05) is 7.05 Å². The number of benzene rings is 2. The maximum absolute atomic E-state index is 13.8. The van der Waals surface area contributed by atoms with E-state index in [-0.39, 0.29) is 17.7 Å². The number of halogens is 3. The van der Waals surface area contributed by atoms with Crippen LogP contribution in [0.15, 0.2) is 46.9 Å². The first-order valence-electron chi connectivity index (χ1n) is 5.97. The molecule has 0 fully saturated rings. The van der Waals surface area contributed by atoms with Gasteiger partial charge in [0.25, 0.3) is 0 Å². The molecular weight excluding hydrogens is 312 g/mol. The molecule has 0 aliphatic heterocycles. The van der Waals surface area contributed by atoms with Gasteiger partial charge in [-0.25, -0.2) is 8.78 Å². The Labute approximate surface area is 119 Å². The highest BCUT2D eigenvalue weighted by Gasteiger charge is 2.14. The minimum absolute atomic E-state index is 0.185. The average Bonchev–Trinajstić information content (AvgIpc) is 2.36. The maximum Gasteiger partial charge on any atom is 0.127 e. The summed E-state index contributed by atoms with van der Waals surface area (Å²) in [5.74, 6) is -0.551. The van der Waals surface area contributed by atoms with Gasteiger partial charge in [-0.2, -0.15) is 0 Å². The van der Waals surface area contributed by atoms with E-state index in [1.165, 1.54) is 18.2 Å². The Hall–Kier alpha value is -1.26. The SMILES string of the molecule is CNC(Cc1cc(F)cc(Br)c1)c1ccccc1F. The van der Waals surface area contributed by atoms with Crippen molar-refractivity contribution in [3.63, 3.8) is 0 Å². The van der Waals surface area contributed by atoms with Crippen molar-refractivity contribution in [2.45, 2.75) is 12.5 Å². The molecule has 0 spiro atoms. The summed E-state index contributed by atoms with van der Waals surface area (Å²) in [6.07, 6.45) is 0.522. The molecular formula is C15H14BrF2N. The van der Waals surface area contributed by atoms with Gasteiger partial charge in [0, 0.05) is 16.1 Å². The van der Waals surface area contributed by atoms with Crippen LogP contribution in [0.5, 0.6) is 0 Å². The highest BCUT2D eigenvalue weighted by Crippen LogP contribution is 2.23. The summed E-state index contributed by atoms with van der Waals surface area (Å²) < 4.78 is 27.8. The number of hydrogen-bond acceptors (Lipinski definition) is 1. The average molecular weight is 326 g/mol. The Morgan fingerprint density at radius 3 is 2.53 bits per heavy atom. The van der Waals surface area contributed by atoms with Crippen LogP contribution in [0.3, 0.4) is 0 Å². The molecule has 0 aliphatic rings. The van der Waals surface area contributed by atoms with Gasteiger partial charge >= 0.3 is 0 Å². The Morgan fingerprint density at radius 2 is 1.89 bits per heavy atom. The minimum Gasteiger partial charge on any atom is -0.313 e. The van der Waals surface area contributed by atoms with Crippen molar-refractivity contribution in [1.82, 2.24) is 5.32 Å². The summed E-state index contributed by atoms with van der Waals surface area (Å²) in [5, 5.41) is 3.07. The second kappa shape index (κ2) is 6.26. The number of hydrogen-bond donors (Lipinski definition) is 1. The van der Waals surface area contributed by atoms with E-state index in [1.807, 2.05) is 6.07 Å². The monoisotopic (exact) mass is 325 g/mol. The van der Waals surface area contributed by atoms with Crippen molar-refractivity contribution in [3.05, 3.63) is 69.7 Å². The third-order valence-corrected chi connectivity index (χ3v) is 3.45. The van der Waals surface area contributed by atoms with Gasteiger partial charge in [0.05, 0.1) is 0 Å². The van der Waals surface area contributed by atoms with Gasteiger partial charge < -0.3 is 5.32 Å². The standard InChI is InChI=1S/C15H14BrF2N/c1-19-15(13-4-2-3-5-14(13)18)8-10-6-11(16)9-12(17)7-10/h2-7,9,15,19H,8H2,1H3. The number of rotatable bonds is 4. The first-order chi connectivity index (χ1) is 9.10. The maximum atomic E-state index is 13.8. The van der Waals surface area contributed by atoms with Gasteiger partial charge in [-0.15, -0.1) is 0 Å². The highest BCUT2D eigenvalue weighted by atomic mass is 79.9. The molecule has 0 heterocycles. The van der Waals surface area contributed by atoms with Gasteiger partial charge in [0.2, 0.25) is 0 Å².